The van der Waals surface area contributed by atoms with Gasteiger partial charge in [-0.05, 0) is 38.2 Å². The summed E-state index contributed by atoms with van der Waals surface area (Å²) in [7, 11) is 0. The van der Waals surface area contributed by atoms with Crippen molar-refractivity contribution in [2.75, 3.05) is 0 Å². The molecular formula is C19H23N3O2. The van der Waals surface area contributed by atoms with Crippen LogP contribution in [0.15, 0.2) is 41.2 Å². The Labute approximate surface area is 141 Å². The van der Waals surface area contributed by atoms with Gasteiger partial charge in [-0.15, -0.1) is 0 Å². The van der Waals surface area contributed by atoms with E-state index in [0.29, 0.717) is 24.9 Å². The molecule has 3 heterocycles. The Hall–Kier alpha value is -1.98. The minimum absolute atomic E-state index is 0.147. The van der Waals surface area contributed by atoms with Crippen LogP contribution in [0, 0.1) is 6.92 Å². The monoisotopic (exact) mass is 325 g/mol. The average Bonchev–Trinajstić information content (AvgIpc) is 2.90. The Morgan fingerprint density at radius 3 is 2.58 bits per heavy atom. The number of aliphatic hydroxyl groups is 1. The van der Waals surface area contributed by atoms with Crippen LogP contribution in [-0.2, 0) is 6.54 Å². The molecule has 5 nitrogen and oxygen atoms in total. The van der Waals surface area contributed by atoms with Crippen molar-refractivity contribution < 1.29 is 5.11 Å². The maximum absolute atomic E-state index is 12.4. The number of piperidine rings is 1. The molecule has 1 aromatic carbocycles. The molecule has 1 unspecified atom stereocenters. The Morgan fingerprint density at radius 2 is 1.92 bits per heavy atom. The van der Waals surface area contributed by atoms with Crippen molar-refractivity contribution >= 4 is 0 Å². The summed E-state index contributed by atoms with van der Waals surface area (Å²) in [5.74, 6) is 0. The molecule has 0 aliphatic carbocycles. The first kappa shape index (κ1) is 15.5. The summed E-state index contributed by atoms with van der Waals surface area (Å²) in [6, 6.07) is 12.2. The van der Waals surface area contributed by atoms with Crippen LogP contribution in [0.2, 0.25) is 0 Å². The Balaban J connectivity index is 1.67. The topological polar surface area (TPSA) is 67.2 Å². The van der Waals surface area contributed by atoms with E-state index in [1.54, 1.807) is 6.07 Å². The number of nitrogens with zero attached hydrogens (tertiary/aromatic N) is 2. The van der Waals surface area contributed by atoms with Gasteiger partial charge in [0, 0.05) is 23.7 Å². The predicted molar refractivity (Wildman–Crippen MR) is 92.8 cm³/mol. The van der Waals surface area contributed by atoms with Gasteiger partial charge in [0.25, 0.3) is 5.56 Å². The molecule has 2 aromatic rings. The predicted octanol–water partition coefficient (Wildman–Crippen LogP) is 1.86. The van der Waals surface area contributed by atoms with Crippen molar-refractivity contribution in [3.05, 3.63) is 52.3 Å². The lowest BCUT2D eigenvalue weighted by molar-refractivity contribution is -0.0249. The lowest BCUT2D eigenvalue weighted by Gasteiger charge is -2.37. The normalized spacial score (nSPS) is 28.9. The molecule has 2 aliphatic rings. The van der Waals surface area contributed by atoms with E-state index in [2.05, 4.69) is 10.4 Å². The molecule has 2 aliphatic heterocycles. The highest BCUT2D eigenvalue weighted by Gasteiger charge is 2.43. The minimum atomic E-state index is -0.850. The van der Waals surface area contributed by atoms with Crippen LogP contribution in [0.5, 0.6) is 0 Å². The zero-order valence-corrected chi connectivity index (χ0v) is 13.9. The SMILES string of the molecule is Cc1cc(=O)n(CC2(O)C[C@H]3CC[C@@H](C2)N3)nc1-c1ccccc1. The van der Waals surface area contributed by atoms with Crippen molar-refractivity contribution in [3.8, 4) is 11.3 Å². The number of fused-ring (bicyclic) bond motifs is 2. The van der Waals surface area contributed by atoms with Crippen molar-refractivity contribution in [2.24, 2.45) is 0 Å². The maximum Gasteiger partial charge on any atom is 0.267 e. The number of hydrogen-bond acceptors (Lipinski definition) is 4. The van der Waals surface area contributed by atoms with Gasteiger partial charge in [-0.2, -0.15) is 5.10 Å². The molecule has 4 rings (SSSR count). The third-order valence-corrected chi connectivity index (χ3v) is 5.27. The van der Waals surface area contributed by atoms with Crippen LogP contribution in [-0.4, -0.2) is 32.6 Å². The van der Waals surface area contributed by atoms with Gasteiger partial charge < -0.3 is 10.4 Å². The summed E-state index contributed by atoms with van der Waals surface area (Å²) in [5, 5.41) is 19.1. The molecule has 2 saturated heterocycles. The van der Waals surface area contributed by atoms with Gasteiger partial charge in [0.2, 0.25) is 0 Å². The van der Waals surface area contributed by atoms with Crippen LogP contribution in [0.4, 0.5) is 0 Å². The van der Waals surface area contributed by atoms with Crippen molar-refractivity contribution in [3.63, 3.8) is 0 Å². The second-order valence-electron chi connectivity index (χ2n) is 7.31. The molecule has 2 bridgehead atoms. The van der Waals surface area contributed by atoms with E-state index in [4.69, 9.17) is 0 Å². The van der Waals surface area contributed by atoms with Crippen molar-refractivity contribution in [1.29, 1.82) is 0 Å². The number of benzene rings is 1. The highest BCUT2D eigenvalue weighted by Crippen LogP contribution is 2.34. The van der Waals surface area contributed by atoms with Crippen LogP contribution >= 0.6 is 0 Å². The van der Waals surface area contributed by atoms with Crippen LogP contribution in [0.3, 0.4) is 0 Å². The summed E-state index contributed by atoms with van der Waals surface area (Å²) < 4.78 is 1.44. The van der Waals surface area contributed by atoms with E-state index in [1.165, 1.54) is 4.68 Å². The van der Waals surface area contributed by atoms with E-state index in [-0.39, 0.29) is 12.1 Å². The fourth-order valence-corrected chi connectivity index (χ4v) is 4.20. The number of rotatable bonds is 3. The van der Waals surface area contributed by atoms with Gasteiger partial charge in [0.1, 0.15) is 0 Å². The fourth-order valence-electron chi connectivity index (χ4n) is 4.20. The van der Waals surface area contributed by atoms with E-state index in [0.717, 1.165) is 29.7 Å². The van der Waals surface area contributed by atoms with Gasteiger partial charge in [-0.1, -0.05) is 30.3 Å². The van der Waals surface area contributed by atoms with Crippen molar-refractivity contribution in [1.82, 2.24) is 15.1 Å². The number of hydrogen-bond donors (Lipinski definition) is 2. The Bertz CT molecular complexity index is 788. The molecule has 1 aromatic heterocycles. The van der Waals surface area contributed by atoms with E-state index >= 15 is 0 Å². The zero-order chi connectivity index (χ0) is 16.7. The van der Waals surface area contributed by atoms with Crippen LogP contribution < -0.4 is 10.9 Å². The van der Waals surface area contributed by atoms with E-state index in [1.807, 2.05) is 37.3 Å². The standard InChI is InChI=1S/C19H23N3O2/c1-13-9-17(23)22(21-18(13)14-5-3-2-4-6-14)12-19(24)10-15-7-8-16(11-19)20-15/h2-6,9,15-16,20,24H,7-8,10-12H2,1H3/t15-,16+,19?. The Kier molecular flexibility index (Phi) is 3.77. The highest BCUT2D eigenvalue weighted by atomic mass is 16.3. The van der Waals surface area contributed by atoms with E-state index < -0.39 is 5.60 Å². The summed E-state index contributed by atoms with van der Waals surface area (Å²) in [5.41, 5.74) is 1.65. The first-order valence-corrected chi connectivity index (χ1v) is 8.65. The molecule has 3 atom stereocenters. The molecule has 5 heteroatoms. The van der Waals surface area contributed by atoms with Crippen molar-refractivity contribution in [2.45, 2.75) is 56.8 Å². The smallest absolute Gasteiger partial charge is 0.267 e. The Morgan fingerprint density at radius 1 is 1.25 bits per heavy atom. The second kappa shape index (κ2) is 5.83. The molecule has 24 heavy (non-hydrogen) atoms. The third kappa shape index (κ3) is 2.89. The average molecular weight is 325 g/mol. The third-order valence-electron chi connectivity index (χ3n) is 5.27. The lowest BCUT2D eigenvalue weighted by atomic mass is 9.87. The van der Waals surface area contributed by atoms with Crippen LogP contribution in [0.25, 0.3) is 11.3 Å². The number of aryl methyl sites for hydroxylation is 1. The van der Waals surface area contributed by atoms with Gasteiger partial charge in [-0.3, -0.25) is 4.79 Å². The fraction of sp³-hybridized carbons (Fsp3) is 0.474. The van der Waals surface area contributed by atoms with Gasteiger partial charge in [-0.25, -0.2) is 4.68 Å². The quantitative estimate of drug-likeness (QED) is 0.904. The minimum Gasteiger partial charge on any atom is -0.388 e. The van der Waals surface area contributed by atoms with Crippen LogP contribution in [0.1, 0.15) is 31.2 Å². The molecule has 2 N–H and O–H groups in total. The molecule has 0 radical (unpaired) electrons. The largest absolute Gasteiger partial charge is 0.388 e. The van der Waals surface area contributed by atoms with Gasteiger partial charge in [0.15, 0.2) is 0 Å². The first-order valence-electron chi connectivity index (χ1n) is 8.65. The molecule has 126 valence electrons. The maximum atomic E-state index is 12.4. The van der Waals surface area contributed by atoms with Gasteiger partial charge >= 0.3 is 0 Å². The van der Waals surface area contributed by atoms with E-state index in [9.17, 15) is 9.90 Å². The second-order valence-corrected chi connectivity index (χ2v) is 7.31. The summed E-state index contributed by atoms with van der Waals surface area (Å²) in [6.07, 6.45) is 3.59. The lowest BCUT2D eigenvalue weighted by Crippen LogP contribution is -2.51. The summed E-state index contributed by atoms with van der Waals surface area (Å²) >= 11 is 0. The number of nitrogens with one attached hydrogen (secondary N) is 1. The summed E-state index contributed by atoms with van der Waals surface area (Å²) in [4.78, 5) is 12.4. The highest BCUT2D eigenvalue weighted by molar-refractivity contribution is 5.61. The zero-order valence-electron chi connectivity index (χ0n) is 13.9. The van der Waals surface area contributed by atoms with Gasteiger partial charge in [0.05, 0.1) is 17.8 Å². The first-order chi connectivity index (χ1) is 11.5. The molecule has 0 saturated carbocycles. The molecule has 0 amide bonds. The molecule has 2 fully saturated rings. The molecular weight excluding hydrogens is 302 g/mol. The number of aromatic nitrogens is 2. The molecule has 0 spiro atoms. The summed E-state index contributed by atoms with van der Waals surface area (Å²) in [6.45, 7) is 2.17.